The highest BCUT2D eigenvalue weighted by molar-refractivity contribution is 5.02. The zero-order valence-corrected chi connectivity index (χ0v) is 42.7. The van der Waals surface area contributed by atoms with E-state index in [1.165, 1.54) is 57.8 Å². The largest absolute Gasteiger partial charge is 0.393 e. The molecule has 0 radical (unpaired) electrons. The van der Waals surface area contributed by atoms with Gasteiger partial charge >= 0.3 is 0 Å². The third-order valence-corrected chi connectivity index (χ3v) is 19.0. The molecule has 4 aliphatic rings. The second-order valence-corrected chi connectivity index (χ2v) is 29.0. The first-order valence-corrected chi connectivity index (χ1v) is 24.9. The van der Waals surface area contributed by atoms with E-state index in [0.29, 0.717) is 52.3 Å². The van der Waals surface area contributed by atoms with E-state index in [2.05, 4.69) is 152 Å². The van der Waals surface area contributed by atoms with Gasteiger partial charge in [-0.25, -0.2) is 0 Å². The lowest BCUT2D eigenvalue weighted by Gasteiger charge is -2.56. The highest BCUT2D eigenvalue weighted by atomic mass is 16.3. The molecule has 4 rings (SSSR count). The fraction of sp³-hybridized carbons (Fsp3) is 1.00. The first kappa shape index (κ1) is 49.6. The molecule has 10 unspecified atom stereocenters. The molecular weight excluding hydrogens is 693 g/mol. The van der Waals surface area contributed by atoms with Crippen LogP contribution < -0.4 is 0 Å². The van der Waals surface area contributed by atoms with Crippen LogP contribution in [0.25, 0.3) is 0 Å². The molecule has 0 spiro atoms. The lowest BCUT2D eigenvalue weighted by Crippen LogP contribution is -2.51. The van der Waals surface area contributed by atoms with Crippen molar-refractivity contribution in [1.82, 2.24) is 0 Å². The number of aliphatic hydroxyl groups excluding tert-OH is 2. The van der Waals surface area contributed by atoms with Gasteiger partial charge in [-0.1, -0.05) is 152 Å². The minimum absolute atomic E-state index is 0.106. The van der Waals surface area contributed by atoms with Gasteiger partial charge in [0.05, 0.1) is 12.2 Å². The van der Waals surface area contributed by atoms with Crippen LogP contribution >= 0.6 is 0 Å². The van der Waals surface area contributed by atoms with Crippen LogP contribution in [-0.2, 0) is 0 Å². The summed E-state index contributed by atoms with van der Waals surface area (Å²) in [4.78, 5) is 0. The zero-order valence-electron chi connectivity index (χ0n) is 42.7. The fourth-order valence-electron chi connectivity index (χ4n) is 15.4. The lowest BCUT2D eigenvalue weighted by atomic mass is 9.49. The second-order valence-electron chi connectivity index (χ2n) is 29.0. The van der Waals surface area contributed by atoms with Crippen molar-refractivity contribution in [3.05, 3.63) is 0 Å². The van der Waals surface area contributed by atoms with Crippen molar-refractivity contribution in [1.29, 1.82) is 0 Å². The van der Waals surface area contributed by atoms with Gasteiger partial charge in [0.2, 0.25) is 0 Å². The first-order chi connectivity index (χ1) is 25.5. The molecule has 10 atom stereocenters. The van der Waals surface area contributed by atoms with Crippen LogP contribution in [0.3, 0.4) is 0 Å². The van der Waals surface area contributed by atoms with Crippen molar-refractivity contribution in [3.8, 4) is 0 Å². The summed E-state index contributed by atoms with van der Waals surface area (Å²) >= 11 is 0. The lowest BCUT2D eigenvalue weighted by molar-refractivity contribution is -0.104. The normalized spacial score (nSPS) is 43.6. The second kappa shape index (κ2) is 17.2. The van der Waals surface area contributed by atoms with Crippen molar-refractivity contribution in [3.63, 3.8) is 0 Å². The predicted molar refractivity (Wildman–Crippen MR) is 249 cm³/mol. The smallest absolute Gasteiger partial charge is 0.0606 e. The monoisotopic (exact) mass is 797 g/mol. The Morgan fingerprint density at radius 3 is 0.649 bits per heavy atom. The van der Waals surface area contributed by atoms with Crippen molar-refractivity contribution < 1.29 is 10.2 Å². The average molecular weight is 797 g/mol. The summed E-state index contributed by atoms with van der Waals surface area (Å²) in [7, 11) is 0. The van der Waals surface area contributed by atoms with Crippen molar-refractivity contribution in [2.75, 3.05) is 0 Å². The molecule has 4 aliphatic carbocycles. The van der Waals surface area contributed by atoms with Gasteiger partial charge in [-0.05, 0) is 185 Å². The van der Waals surface area contributed by atoms with E-state index in [1.807, 2.05) is 0 Å². The molecule has 0 amide bonds. The number of aliphatic hydroxyl groups is 2. The Hall–Kier alpha value is -0.0800. The van der Waals surface area contributed by atoms with Gasteiger partial charge in [-0.3, -0.25) is 0 Å². The minimum atomic E-state index is -0.212. The molecule has 4 saturated carbocycles. The van der Waals surface area contributed by atoms with Crippen LogP contribution in [0.5, 0.6) is 0 Å². The predicted octanol–water partition coefficient (Wildman–Crippen LogP) is 15.5. The Balaban J connectivity index is 1.74. The van der Waals surface area contributed by atoms with E-state index in [9.17, 15) is 10.2 Å². The molecule has 0 heterocycles. The summed E-state index contributed by atoms with van der Waals surface area (Å²) in [6, 6.07) is 0. The highest BCUT2D eigenvalue weighted by Crippen LogP contribution is 2.60. The maximum atomic E-state index is 11.9. The minimum Gasteiger partial charge on any atom is -0.393 e. The molecule has 2 N–H and O–H groups in total. The molecule has 4 fully saturated rings. The van der Waals surface area contributed by atoms with E-state index >= 15 is 0 Å². The van der Waals surface area contributed by atoms with E-state index < -0.39 is 0 Å². The summed E-state index contributed by atoms with van der Waals surface area (Å²) in [5.41, 5.74) is 1.10. The highest BCUT2D eigenvalue weighted by Gasteiger charge is 2.53. The van der Waals surface area contributed by atoms with Crippen LogP contribution in [0.2, 0.25) is 0 Å². The summed E-state index contributed by atoms with van der Waals surface area (Å²) < 4.78 is 0. The molecule has 0 bridgehead atoms. The Labute approximate surface area is 358 Å². The Bertz CT molecular complexity index is 1030. The molecule has 0 aromatic heterocycles. The van der Waals surface area contributed by atoms with Crippen molar-refractivity contribution >= 4 is 0 Å². The Morgan fingerprint density at radius 2 is 0.474 bits per heavy atom. The maximum absolute atomic E-state index is 11.9. The van der Waals surface area contributed by atoms with Crippen molar-refractivity contribution in [2.45, 2.75) is 222 Å². The third-order valence-electron chi connectivity index (χ3n) is 19.0. The van der Waals surface area contributed by atoms with E-state index in [1.54, 1.807) is 0 Å². The summed E-state index contributed by atoms with van der Waals surface area (Å²) in [6.07, 6.45) is 11.2. The molecular formula is C55H104O2. The van der Waals surface area contributed by atoms with Gasteiger partial charge in [0.1, 0.15) is 0 Å². The zero-order chi connectivity index (χ0) is 43.8. The number of rotatable bonds is 6. The molecule has 336 valence electrons. The number of hydrogen-bond acceptors (Lipinski definition) is 2. The van der Waals surface area contributed by atoms with E-state index in [0.717, 1.165) is 53.3 Å². The average Bonchev–Trinajstić information content (AvgIpc) is 3.02. The standard InChI is InChI=1S/C55H104O2/c1-32-39(23-36-26-42(50(5,6)7)35(4)43(27-36)51(8,9)10)33(2)41(25-38-30-46(54(17,18)19)49(57)47(31-38)55(20,21)22)34(3)40(32)24-37-28-44(52(11,12)13)48(56)45(29-37)53(14,15)16/h32-49,56-57H,23-31H2,1-22H3. The van der Waals surface area contributed by atoms with Crippen LogP contribution in [0, 0.1) is 127 Å². The third kappa shape index (κ3) is 11.3. The Morgan fingerprint density at radius 1 is 0.298 bits per heavy atom. The van der Waals surface area contributed by atoms with E-state index in [4.69, 9.17) is 0 Å². The van der Waals surface area contributed by atoms with E-state index in [-0.39, 0.29) is 33.9 Å². The Kier molecular flexibility index (Phi) is 15.0. The summed E-state index contributed by atoms with van der Waals surface area (Å²) in [6.45, 7) is 54.6. The molecule has 57 heavy (non-hydrogen) atoms. The number of hydrogen-bond donors (Lipinski definition) is 2. The van der Waals surface area contributed by atoms with Gasteiger partial charge in [0.25, 0.3) is 0 Å². The molecule has 0 aromatic carbocycles. The topological polar surface area (TPSA) is 40.5 Å². The van der Waals surface area contributed by atoms with Crippen LogP contribution in [0.1, 0.15) is 210 Å². The van der Waals surface area contributed by atoms with Gasteiger partial charge in [0, 0.05) is 0 Å². The van der Waals surface area contributed by atoms with Crippen LogP contribution in [-0.4, -0.2) is 22.4 Å². The van der Waals surface area contributed by atoms with Gasteiger partial charge in [-0.15, -0.1) is 0 Å². The molecule has 0 saturated heterocycles. The maximum Gasteiger partial charge on any atom is 0.0606 e. The SMILES string of the molecule is CC1C(CC2CC(C(C)(C)C)C(C)C(C(C)(C)C)C2)C(C)C(CC2CC(C(C)(C)C)C(O)C(C(C)(C)C)C2)C(C)C1CC1CC(C(C)(C)C)C(O)C(C(C)(C)C)C1. The van der Waals surface area contributed by atoms with Crippen molar-refractivity contribution in [2.24, 2.45) is 127 Å². The first-order valence-electron chi connectivity index (χ1n) is 24.9. The van der Waals surface area contributed by atoms with Gasteiger partial charge in [0.15, 0.2) is 0 Å². The molecule has 0 aromatic rings. The molecule has 2 nitrogen and oxygen atoms in total. The quantitative estimate of drug-likeness (QED) is 0.281. The van der Waals surface area contributed by atoms with Crippen LogP contribution in [0.15, 0.2) is 0 Å². The summed E-state index contributed by atoms with van der Waals surface area (Å²) in [5.74, 6) is 10.2. The van der Waals surface area contributed by atoms with Gasteiger partial charge < -0.3 is 10.2 Å². The van der Waals surface area contributed by atoms with Crippen LogP contribution in [0.4, 0.5) is 0 Å². The fourth-order valence-corrected chi connectivity index (χ4v) is 15.4. The van der Waals surface area contributed by atoms with Gasteiger partial charge in [-0.2, -0.15) is 0 Å². The molecule has 0 aliphatic heterocycles. The molecule has 2 heteroatoms. The summed E-state index contributed by atoms with van der Waals surface area (Å²) in [5, 5.41) is 23.9.